The van der Waals surface area contributed by atoms with Crippen LogP contribution in [0.1, 0.15) is 16.1 Å². The molecule has 0 aliphatic carbocycles. The summed E-state index contributed by atoms with van der Waals surface area (Å²) in [7, 11) is 0. The number of hydrogen-bond acceptors (Lipinski definition) is 2. The van der Waals surface area contributed by atoms with Crippen LogP contribution in [0.25, 0.3) is 32.8 Å². The second-order valence-electron chi connectivity index (χ2n) is 8.10. The van der Waals surface area contributed by atoms with Crippen LogP contribution in [0, 0.1) is 0 Å². The molecule has 2 heterocycles. The van der Waals surface area contributed by atoms with E-state index in [0.29, 0.717) is 6.54 Å². The smallest absolute Gasteiger partial charge is 0.245 e. The van der Waals surface area contributed by atoms with Gasteiger partial charge < -0.3 is 4.42 Å². The third-order valence-corrected chi connectivity index (χ3v) is 5.97. The minimum absolute atomic E-state index is 0.0902. The van der Waals surface area contributed by atoms with Gasteiger partial charge in [0.2, 0.25) is 12.1 Å². The van der Waals surface area contributed by atoms with Gasteiger partial charge in [-0.25, -0.2) is 9.13 Å². The molecule has 0 unspecified atom stereocenters. The molecule has 0 spiro atoms. The maximum absolute atomic E-state index is 13.1. The van der Waals surface area contributed by atoms with E-state index in [1.807, 2.05) is 77.6 Å². The van der Waals surface area contributed by atoms with E-state index in [-0.39, 0.29) is 12.3 Å². The molecule has 0 fully saturated rings. The van der Waals surface area contributed by atoms with Gasteiger partial charge in [-0.2, -0.15) is 0 Å². The highest BCUT2D eigenvalue weighted by Crippen LogP contribution is 2.21. The summed E-state index contributed by atoms with van der Waals surface area (Å²) in [4.78, 5) is 13.1. The highest BCUT2D eigenvalue weighted by atomic mass is 16.3. The third-order valence-electron chi connectivity index (χ3n) is 5.97. The molecule has 0 atom stereocenters. The molecule has 4 aromatic carbocycles. The highest BCUT2D eigenvalue weighted by molar-refractivity contribution is 5.99. The van der Waals surface area contributed by atoms with E-state index in [9.17, 15) is 4.79 Å². The van der Waals surface area contributed by atoms with Crippen molar-refractivity contribution in [3.05, 3.63) is 115 Å². The number of Topliss-reactive ketones (excluding diaryl/α,β-unsaturated/α-hetero) is 1. The molecule has 32 heavy (non-hydrogen) atoms. The molecule has 0 bridgehead atoms. The fourth-order valence-corrected chi connectivity index (χ4v) is 4.39. The van der Waals surface area contributed by atoms with Crippen LogP contribution in [-0.2, 0) is 13.1 Å². The Hall–Kier alpha value is -4.18. The lowest BCUT2D eigenvalue weighted by atomic mass is 10.0. The fourth-order valence-electron chi connectivity index (χ4n) is 4.39. The molecule has 0 amide bonds. The Labute approximate surface area is 184 Å². The lowest BCUT2D eigenvalue weighted by Gasteiger charge is -2.02. The number of carbonyl (C=O) groups is 1. The zero-order valence-electron chi connectivity index (χ0n) is 17.4. The molecule has 4 nitrogen and oxygen atoms in total. The third kappa shape index (κ3) is 3.26. The summed E-state index contributed by atoms with van der Waals surface area (Å²) in [6, 6.07) is 32.3. The van der Waals surface area contributed by atoms with Crippen molar-refractivity contribution in [3.63, 3.8) is 0 Å². The summed E-state index contributed by atoms with van der Waals surface area (Å²) >= 11 is 0. The first-order chi connectivity index (χ1) is 15.7. The molecule has 154 valence electrons. The van der Waals surface area contributed by atoms with E-state index in [0.717, 1.165) is 44.1 Å². The van der Waals surface area contributed by atoms with E-state index in [2.05, 4.69) is 34.9 Å². The van der Waals surface area contributed by atoms with E-state index >= 15 is 0 Å². The zero-order valence-corrected chi connectivity index (χ0v) is 17.4. The standard InChI is InChI=1S/C28H21N2O2/c31-27(22-14-13-20-7-1-2-8-21(20)15-22)18-30-19-29(25-10-4-5-11-26(25)30)17-24-16-23-9-3-6-12-28(23)32-24/h1-16,19H,17-18H2/q+1. The van der Waals surface area contributed by atoms with Gasteiger partial charge in [0.25, 0.3) is 0 Å². The summed E-state index contributed by atoms with van der Waals surface area (Å²) in [5.74, 6) is 0.979. The van der Waals surface area contributed by atoms with E-state index in [1.54, 1.807) is 0 Å². The lowest BCUT2D eigenvalue weighted by molar-refractivity contribution is -0.657. The Balaban J connectivity index is 1.34. The van der Waals surface area contributed by atoms with Gasteiger partial charge in [-0.3, -0.25) is 4.79 Å². The Morgan fingerprint density at radius 1 is 0.781 bits per heavy atom. The maximum Gasteiger partial charge on any atom is 0.245 e. The molecule has 0 N–H and O–H groups in total. The molecule has 0 aliphatic heterocycles. The molecule has 4 heteroatoms. The predicted octanol–water partition coefficient (Wildman–Crippen LogP) is 5.76. The van der Waals surface area contributed by atoms with Gasteiger partial charge in [-0.15, -0.1) is 0 Å². The largest absolute Gasteiger partial charge is 0.457 e. The number of hydrogen-bond donors (Lipinski definition) is 0. The zero-order chi connectivity index (χ0) is 21.5. The van der Waals surface area contributed by atoms with Crippen molar-refractivity contribution in [1.82, 2.24) is 4.57 Å². The van der Waals surface area contributed by atoms with Crippen LogP contribution < -0.4 is 4.57 Å². The molecular formula is C28H21N2O2+. The fraction of sp³-hybridized carbons (Fsp3) is 0.0714. The summed E-state index contributed by atoms with van der Waals surface area (Å²) in [5, 5.41) is 3.31. The average molecular weight is 417 g/mol. The Morgan fingerprint density at radius 2 is 1.53 bits per heavy atom. The predicted molar refractivity (Wildman–Crippen MR) is 126 cm³/mol. The molecular weight excluding hydrogens is 396 g/mol. The number of fused-ring (bicyclic) bond motifs is 3. The normalized spacial score (nSPS) is 11.5. The molecule has 0 aliphatic rings. The Bertz CT molecular complexity index is 1570. The second kappa shape index (κ2) is 7.50. The van der Waals surface area contributed by atoms with E-state index in [4.69, 9.17) is 4.42 Å². The van der Waals surface area contributed by atoms with Crippen molar-refractivity contribution in [2.24, 2.45) is 0 Å². The lowest BCUT2D eigenvalue weighted by Crippen LogP contribution is -2.36. The first-order valence-electron chi connectivity index (χ1n) is 10.7. The van der Waals surface area contributed by atoms with E-state index in [1.165, 1.54) is 0 Å². The minimum atomic E-state index is 0.0902. The van der Waals surface area contributed by atoms with Crippen LogP contribution >= 0.6 is 0 Å². The van der Waals surface area contributed by atoms with Crippen molar-refractivity contribution >= 4 is 38.6 Å². The number of para-hydroxylation sites is 3. The van der Waals surface area contributed by atoms with Crippen molar-refractivity contribution in [1.29, 1.82) is 0 Å². The van der Waals surface area contributed by atoms with Crippen LogP contribution in [0.5, 0.6) is 0 Å². The van der Waals surface area contributed by atoms with Gasteiger partial charge in [0.15, 0.2) is 17.6 Å². The van der Waals surface area contributed by atoms with Crippen molar-refractivity contribution in [3.8, 4) is 0 Å². The molecule has 2 aromatic heterocycles. The number of carbonyl (C=O) groups excluding carboxylic acids is 1. The van der Waals surface area contributed by atoms with Crippen LogP contribution in [0.4, 0.5) is 0 Å². The van der Waals surface area contributed by atoms with Crippen LogP contribution in [0.3, 0.4) is 0 Å². The number of furan rings is 1. The van der Waals surface area contributed by atoms with Crippen LogP contribution in [0.2, 0.25) is 0 Å². The van der Waals surface area contributed by atoms with Crippen LogP contribution in [0.15, 0.2) is 108 Å². The van der Waals surface area contributed by atoms with Gasteiger partial charge in [-0.05, 0) is 41.1 Å². The second-order valence-corrected chi connectivity index (χ2v) is 8.10. The van der Waals surface area contributed by atoms with Crippen molar-refractivity contribution in [2.75, 3.05) is 0 Å². The quantitative estimate of drug-likeness (QED) is 0.264. The molecule has 0 saturated heterocycles. The molecule has 0 saturated carbocycles. The summed E-state index contributed by atoms with van der Waals surface area (Å²) in [5.41, 5.74) is 3.71. The van der Waals surface area contributed by atoms with Gasteiger partial charge in [-0.1, -0.05) is 66.7 Å². The van der Waals surface area contributed by atoms with Crippen molar-refractivity contribution in [2.45, 2.75) is 13.1 Å². The number of rotatable bonds is 5. The topological polar surface area (TPSA) is 39.0 Å². The number of nitrogens with zero attached hydrogens (tertiary/aromatic N) is 2. The van der Waals surface area contributed by atoms with Gasteiger partial charge in [0.1, 0.15) is 17.9 Å². The summed E-state index contributed by atoms with van der Waals surface area (Å²) in [6.07, 6.45) is 2.01. The monoisotopic (exact) mass is 417 g/mol. The van der Waals surface area contributed by atoms with Gasteiger partial charge >= 0.3 is 0 Å². The average Bonchev–Trinajstić information content (AvgIpc) is 3.40. The molecule has 6 aromatic rings. The maximum atomic E-state index is 13.1. The molecule has 6 rings (SSSR count). The van der Waals surface area contributed by atoms with Gasteiger partial charge in [0, 0.05) is 10.9 Å². The van der Waals surface area contributed by atoms with Crippen molar-refractivity contribution < 1.29 is 13.8 Å². The highest BCUT2D eigenvalue weighted by Gasteiger charge is 2.20. The Morgan fingerprint density at radius 3 is 2.41 bits per heavy atom. The number of benzene rings is 4. The summed E-state index contributed by atoms with van der Waals surface area (Å²) in [6.45, 7) is 0.887. The Kier molecular flexibility index (Phi) is 4.36. The SMILES string of the molecule is O=C(C[n+]1cn(Cc2cc3ccccc3o2)c2ccccc21)c1ccc2ccccc2c1. The van der Waals surface area contributed by atoms with Crippen LogP contribution in [-0.4, -0.2) is 10.4 Å². The first-order valence-corrected chi connectivity index (χ1v) is 10.7. The summed E-state index contributed by atoms with van der Waals surface area (Å²) < 4.78 is 10.2. The number of imidazole rings is 1. The van der Waals surface area contributed by atoms with E-state index < -0.39 is 0 Å². The molecule has 0 radical (unpaired) electrons. The number of aromatic nitrogens is 2. The minimum Gasteiger partial charge on any atom is -0.457 e. The first kappa shape index (κ1) is 18.6. The van der Waals surface area contributed by atoms with Gasteiger partial charge in [0.05, 0.1) is 0 Å². The number of ketones is 1.